The molecule has 0 saturated carbocycles. The summed E-state index contributed by atoms with van der Waals surface area (Å²) in [5, 5.41) is 11.3. The summed E-state index contributed by atoms with van der Waals surface area (Å²) in [5.74, 6) is 5.95. The van der Waals surface area contributed by atoms with Crippen molar-refractivity contribution in [3.8, 4) is 0 Å². The second-order valence-corrected chi connectivity index (χ2v) is 7.76. The predicted molar refractivity (Wildman–Crippen MR) is 87.0 cm³/mol. The Morgan fingerprint density at radius 2 is 2.05 bits per heavy atom. The maximum atomic E-state index is 4.77. The van der Waals surface area contributed by atoms with Gasteiger partial charge in [-0.15, -0.1) is 5.10 Å². The zero-order valence-electron chi connectivity index (χ0n) is 12.6. The molecule has 116 valence electrons. The molecule has 3 aliphatic rings. The highest BCUT2D eigenvalue weighted by Gasteiger charge is 2.30. The molecule has 2 atom stereocenters. The van der Waals surface area contributed by atoms with E-state index in [1.165, 1.54) is 50.2 Å². The lowest BCUT2D eigenvalue weighted by atomic mass is 9.89. The lowest BCUT2D eigenvalue weighted by molar-refractivity contribution is 0.317. The van der Waals surface area contributed by atoms with Gasteiger partial charge in [0.2, 0.25) is 5.95 Å². The van der Waals surface area contributed by atoms with Gasteiger partial charge in [-0.05, 0) is 50.3 Å². The van der Waals surface area contributed by atoms with E-state index in [2.05, 4.69) is 20.4 Å². The molecule has 3 saturated heterocycles. The number of hydrogen-bond donors (Lipinski definition) is 2. The number of anilines is 1. The van der Waals surface area contributed by atoms with Crippen LogP contribution < -0.4 is 10.2 Å². The summed E-state index contributed by atoms with van der Waals surface area (Å²) in [7, 11) is 0. The van der Waals surface area contributed by atoms with Crippen molar-refractivity contribution < 1.29 is 0 Å². The summed E-state index contributed by atoms with van der Waals surface area (Å²) in [6.07, 6.45) is 6.53. The minimum atomic E-state index is 0.594. The molecular weight excluding hydrogens is 282 g/mol. The van der Waals surface area contributed by atoms with E-state index in [1.807, 2.05) is 11.8 Å². The van der Waals surface area contributed by atoms with Crippen LogP contribution in [0.15, 0.2) is 0 Å². The van der Waals surface area contributed by atoms with Crippen molar-refractivity contribution in [3.63, 3.8) is 0 Å². The smallest absolute Gasteiger partial charge is 0.244 e. The summed E-state index contributed by atoms with van der Waals surface area (Å²) < 4.78 is 0. The minimum absolute atomic E-state index is 0.594. The number of hydrogen-bond acceptors (Lipinski definition) is 5. The maximum Gasteiger partial charge on any atom is 0.244 e. The van der Waals surface area contributed by atoms with Crippen LogP contribution in [0.25, 0.3) is 0 Å². The predicted octanol–water partition coefficient (Wildman–Crippen LogP) is 1.99. The molecule has 21 heavy (non-hydrogen) atoms. The van der Waals surface area contributed by atoms with Gasteiger partial charge in [0.25, 0.3) is 0 Å². The van der Waals surface area contributed by atoms with Gasteiger partial charge in [-0.1, -0.05) is 0 Å². The van der Waals surface area contributed by atoms with Crippen molar-refractivity contribution in [2.75, 3.05) is 36.0 Å². The van der Waals surface area contributed by atoms with Crippen LogP contribution in [0.3, 0.4) is 0 Å². The van der Waals surface area contributed by atoms with E-state index in [0.717, 1.165) is 36.8 Å². The van der Waals surface area contributed by atoms with E-state index < -0.39 is 0 Å². The van der Waals surface area contributed by atoms with Gasteiger partial charge in [0.1, 0.15) is 5.82 Å². The van der Waals surface area contributed by atoms with Crippen molar-refractivity contribution in [2.24, 2.45) is 5.92 Å². The Labute approximate surface area is 130 Å². The van der Waals surface area contributed by atoms with Gasteiger partial charge >= 0.3 is 0 Å². The van der Waals surface area contributed by atoms with E-state index in [1.54, 1.807) is 0 Å². The highest BCUT2D eigenvalue weighted by atomic mass is 32.2. The number of thioether (sulfide) groups is 1. The lowest BCUT2D eigenvalue weighted by Gasteiger charge is -2.34. The molecule has 0 radical (unpaired) electrons. The van der Waals surface area contributed by atoms with E-state index in [-0.39, 0.29) is 0 Å². The molecule has 5 nitrogen and oxygen atoms in total. The third-order valence-electron chi connectivity index (χ3n) is 5.30. The van der Waals surface area contributed by atoms with Crippen LogP contribution in [-0.4, -0.2) is 52.4 Å². The van der Waals surface area contributed by atoms with Gasteiger partial charge in [-0.3, -0.25) is 5.10 Å². The zero-order valence-corrected chi connectivity index (χ0v) is 13.4. The standard InChI is InChI=1S/C15H25N5S/c1-2-13(16-6-1)11-3-7-20(8-4-11)15-17-14(18-19-15)12-5-9-21-10-12/h11-13,16H,1-10H2,(H,17,18,19). The number of nitrogens with zero attached hydrogens (tertiary/aromatic N) is 3. The average Bonchev–Trinajstić information content (AvgIpc) is 3.27. The van der Waals surface area contributed by atoms with E-state index >= 15 is 0 Å². The highest BCUT2D eigenvalue weighted by molar-refractivity contribution is 7.99. The second-order valence-electron chi connectivity index (χ2n) is 6.61. The Bertz CT molecular complexity index is 456. The molecule has 3 aliphatic heterocycles. The number of nitrogens with one attached hydrogen (secondary N) is 2. The van der Waals surface area contributed by atoms with E-state index in [4.69, 9.17) is 4.98 Å². The molecule has 0 spiro atoms. The van der Waals surface area contributed by atoms with Crippen LogP contribution in [0, 0.1) is 5.92 Å². The fourth-order valence-electron chi connectivity index (χ4n) is 3.95. The number of aromatic nitrogens is 3. The molecule has 0 aliphatic carbocycles. The first-order valence-corrected chi connectivity index (χ1v) is 9.54. The Kier molecular flexibility index (Phi) is 4.07. The quantitative estimate of drug-likeness (QED) is 0.894. The third kappa shape index (κ3) is 2.93. The van der Waals surface area contributed by atoms with Crippen molar-refractivity contribution in [1.29, 1.82) is 0 Å². The summed E-state index contributed by atoms with van der Waals surface area (Å²) >= 11 is 2.03. The molecule has 1 aromatic heterocycles. The molecule has 4 rings (SSSR count). The molecule has 0 bridgehead atoms. The molecular formula is C15H25N5S. The Hall–Kier alpha value is -0.750. The lowest BCUT2D eigenvalue weighted by Crippen LogP contribution is -2.41. The number of aromatic amines is 1. The monoisotopic (exact) mass is 307 g/mol. The topological polar surface area (TPSA) is 56.8 Å². The van der Waals surface area contributed by atoms with Gasteiger partial charge in [-0.2, -0.15) is 16.7 Å². The number of piperidine rings is 1. The first-order valence-electron chi connectivity index (χ1n) is 8.38. The summed E-state index contributed by atoms with van der Waals surface area (Å²) in [6.45, 7) is 3.44. The first kappa shape index (κ1) is 13.9. The Morgan fingerprint density at radius 3 is 2.76 bits per heavy atom. The third-order valence-corrected chi connectivity index (χ3v) is 6.46. The molecule has 2 N–H and O–H groups in total. The van der Waals surface area contributed by atoms with Gasteiger partial charge in [-0.25, -0.2) is 0 Å². The van der Waals surface area contributed by atoms with Crippen LogP contribution in [0.1, 0.15) is 43.8 Å². The SMILES string of the molecule is C1CNC(C2CCN(c3n[nH]c(C4CCSC4)n3)CC2)C1. The van der Waals surface area contributed by atoms with E-state index in [9.17, 15) is 0 Å². The summed E-state index contributed by atoms with van der Waals surface area (Å²) in [6, 6.07) is 0.769. The van der Waals surface area contributed by atoms with Gasteiger partial charge in [0, 0.05) is 30.8 Å². The average molecular weight is 307 g/mol. The second kappa shape index (κ2) is 6.16. The maximum absolute atomic E-state index is 4.77. The van der Waals surface area contributed by atoms with Crippen molar-refractivity contribution in [3.05, 3.63) is 5.82 Å². The fourth-order valence-corrected chi connectivity index (χ4v) is 5.18. The van der Waals surface area contributed by atoms with Crippen molar-refractivity contribution in [1.82, 2.24) is 20.5 Å². The van der Waals surface area contributed by atoms with Gasteiger partial charge in [0.05, 0.1) is 0 Å². The van der Waals surface area contributed by atoms with Crippen LogP contribution in [0.2, 0.25) is 0 Å². The van der Waals surface area contributed by atoms with Gasteiger partial charge in [0.15, 0.2) is 0 Å². The zero-order chi connectivity index (χ0) is 14.1. The Balaban J connectivity index is 1.35. The molecule has 3 fully saturated rings. The van der Waals surface area contributed by atoms with E-state index in [0.29, 0.717) is 5.92 Å². The number of H-pyrrole nitrogens is 1. The van der Waals surface area contributed by atoms with Crippen molar-refractivity contribution >= 4 is 17.7 Å². The summed E-state index contributed by atoms with van der Waals surface area (Å²) in [5.41, 5.74) is 0. The normalized spacial score (nSPS) is 31.1. The van der Waals surface area contributed by atoms with Crippen LogP contribution in [0.5, 0.6) is 0 Å². The number of rotatable bonds is 3. The van der Waals surface area contributed by atoms with Crippen molar-refractivity contribution in [2.45, 2.75) is 44.1 Å². The molecule has 6 heteroatoms. The molecule has 1 aromatic rings. The first-order chi connectivity index (χ1) is 10.4. The highest BCUT2D eigenvalue weighted by Crippen LogP contribution is 2.32. The molecule has 0 aromatic carbocycles. The van der Waals surface area contributed by atoms with Gasteiger partial charge < -0.3 is 10.2 Å². The molecule has 4 heterocycles. The largest absolute Gasteiger partial charge is 0.340 e. The summed E-state index contributed by atoms with van der Waals surface area (Å²) in [4.78, 5) is 7.14. The van der Waals surface area contributed by atoms with Crippen LogP contribution in [-0.2, 0) is 0 Å². The minimum Gasteiger partial charge on any atom is -0.340 e. The fraction of sp³-hybridized carbons (Fsp3) is 0.867. The van der Waals surface area contributed by atoms with Crippen LogP contribution in [0.4, 0.5) is 5.95 Å². The molecule has 2 unspecified atom stereocenters. The van der Waals surface area contributed by atoms with Crippen LogP contribution >= 0.6 is 11.8 Å². The molecule has 0 amide bonds. The Morgan fingerprint density at radius 1 is 1.14 bits per heavy atom.